The van der Waals surface area contributed by atoms with Crippen molar-refractivity contribution < 1.29 is 4.42 Å². The zero-order valence-corrected chi connectivity index (χ0v) is 16.5. The van der Waals surface area contributed by atoms with Crippen molar-refractivity contribution in [3.63, 3.8) is 0 Å². The number of aryl methyl sites for hydroxylation is 2. The highest BCUT2D eigenvalue weighted by molar-refractivity contribution is 6.35. The van der Waals surface area contributed by atoms with E-state index in [9.17, 15) is 4.79 Å². The van der Waals surface area contributed by atoms with Crippen LogP contribution in [0.1, 0.15) is 11.3 Å². The lowest BCUT2D eigenvalue weighted by Gasteiger charge is -2.11. The van der Waals surface area contributed by atoms with Gasteiger partial charge in [0.05, 0.1) is 15.9 Å². The van der Waals surface area contributed by atoms with E-state index in [-0.39, 0.29) is 5.43 Å². The number of nitrogens with one attached hydrogen (secondary N) is 1. The lowest BCUT2D eigenvalue weighted by molar-refractivity contribution is 0.547. The Balaban J connectivity index is 1.87. The van der Waals surface area contributed by atoms with Gasteiger partial charge in [0.25, 0.3) is 0 Å². The normalized spacial score (nSPS) is 11.4. The van der Waals surface area contributed by atoms with E-state index in [1.165, 1.54) is 6.07 Å². The fourth-order valence-electron chi connectivity index (χ4n) is 3.54. The van der Waals surface area contributed by atoms with Crippen LogP contribution in [-0.4, -0.2) is 15.0 Å². The molecule has 5 aromatic rings. The van der Waals surface area contributed by atoms with Crippen LogP contribution >= 0.6 is 11.6 Å². The van der Waals surface area contributed by atoms with Crippen LogP contribution in [-0.2, 0) is 0 Å². The van der Waals surface area contributed by atoms with Crippen molar-refractivity contribution in [2.75, 3.05) is 0 Å². The predicted octanol–water partition coefficient (Wildman–Crippen LogP) is 5.67. The zero-order valence-electron chi connectivity index (χ0n) is 15.8. The lowest BCUT2D eigenvalue weighted by atomic mass is 9.99. The highest BCUT2D eigenvalue weighted by atomic mass is 35.5. The van der Waals surface area contributed by atoms with Gasteiger partial charge < -0.3 is 9.40 Å². The van der Waals surface area contributed by atoms with Gasteiger partial charge in [-0.3, -0.25) is 9.78 Å². The average molecular weight is 402 g/mol. The van der Waals surface area contributed by atoms with Crippen LogP contribution in [0, 0.1) is 13.8 Å². The summed E-state index contributed by atoms with van der Waals surface area (Å²) in [6.07, 6.45) is 3.39. The van der Waals surface area contributed by atoms with Gasteiger partial charge in [-0.2, -0.15) is 0 Å². The number of H-pyrrole nitrogens is 1. The van der Waals surface area contributed by atoms with Crippen molar-refractivity contribution in [2.45, 2.75) is 13.8 Å². The summed E-state index contributed by atoms with van der Waals surface area (Å²) in [7, 11) is 0. The van der Waals surface area contributed by atoms with Crippen LogP contribution in [0.2, 0.25) is 5.02 Å². The summed E-state index contributed by atoms with van der Waals surface area (Å²) >= 11 is 6.54. The Morgan fingerprint density at radius 2 is 1.93 bits per heavy atom. The Labute approximate surface area is 171 Å². The van der Waals surface area contributed by atoms with Gasteiger partial charge in [0, 0.05) is 29.4 Å². The van der Waals surface area contributed by atoms with E-state index in [1.807, 2.05) is 50.2 Å². The van der Waals surface area contributed by atoms with Gasteiger partial charge in [-0.1, -0.05) is 11.6 Å². The maximum atomic E-state index is 12.4. The summed E-state index contributed by atoms with van der Waals surface area (Å²) in [6, 6.07) is 13.0. The predicted molar refractivity (Wildman–Crippen MR) is 115 cm³/mol. The number of aromatic nitrogens is 3. The molecule has 6 heteroatoms. The molecule has 0 bridgehead atoms. The van der Waals surface area contributed by atoms with E-state index in [2.05, 4.69) is 9.97 Å². The number of hydrogen-bond acceptors (Lipinski definition) is 4. The third-order valence-electron chi connectivity index (χ3n) is 4.90. The van der Waals surface area contributed by atoms with Crippen LogP contribution < -0.4 is 5.43 Å². The molecule has 0 aliphatic carbocycles. The number of aromatic amines is 1. The first kappa shape index (κ1) is 17.6. The third-order valence-corrected chi connectivity index (χ3v) is 5.19. The average Bonchev–Trinajstić information content (AvgIpc) is 3.13. The maximum Gasteiger partial charge on any atom is 0.191 e. The van der Waals surface area contributed by atoms with Gasteiger partial charge in [-0.05, 0) is 61.4 Å². The maximum absolute atomic E-state index is 12.4. The SMILES string of the molecule is Cc1cnc2c(Cl)cc(-c3cc4c(=O)cc[nH]c4nc3-c3ccc(C)o3)cc2c1. The smallest absolute Gasteiger partial charge is 0.191 e. The number of furan rings is 1. The van der Waals surface area contributed by atoms with E-state index in [4.69, 9.17) is 21.0 Å². The van der Waals surface area contributed by atoms with Gasteiger partial charge in [0.15, 0.2) is 11.2 Å². The molecular formula is C23H16ClN3O2. The summed E-state index contributed by atoms with van der Waals surface area (Å²) in [5.74, 6) is 1.41. The second kappa shape index (κ2) is 6.57. The Morgan fingerprint density at radius 1 is 1.07 bits per heavy atom. The van der Waals surface area contributed by atoms with Crippen LogP contribution in [0.5, 0.6) is 0 Å². The minimum absolute atomic E-state index is 0.0981. The minimum atomic E-state index is -0.0981. The molecule has 1 N–H and O–H groups in total. The summed E-state index contributed by atoms with van der Waals surface area (Å²) in [4.78, 5) is 24.6. The third kappa shape index (κ3) is 3.00. The van der Waals surface area contributed by atoms with Crippen molar-refractivity contribution in [3.8, 4) is 22.6 Å². The molecule has 0 aliphatic rings. The van der Waals surface area contributed by atoms with Gasteiger partial charge in [-0.25, -0.2) is 4.98 Å². The molecule has 0 unspecified atom stereocenters. The molecule has 4 heterocycles. The highest BCUT2D eigenvalue weighted by Crippen LogP contribution is 2.36. The molecule has 0 spiro atoms. The number of fused-ring (bicyclic) bond motifs is 2. The number of rotatable bonds is 2. The van der Waals surface area contributed by atoms with Crippen molar-refractivity contribution in [1.29, 1.82) is 0 Å². The van der Waals surface area contributed by atoms with E-state index in [1.54, 1.807) is 12.4 Å². The zero-order chi connectivity index (χ0) is 20.1. The molecule has 0 amide bonds. The van der Waals surface area contributed by atoms with Crippen molar-refractivity contribution in [1.82, 2.24) is 15.0 Å². The minimum Gasteiger partial charge on any atom is -0.460 e. The monoisotopic (exact) mass is 401 g/mol. The second-order valence-electron chi connectivity index (χ2n) is 7.08. The molecule has 0 atom stereocenters. The molecule has 0 saturated heterocycles. The van der Waals surface area contributed by atoms with Crippen molar-refractivity contribution in [2.24, 2.45) is 0 Å². The molecule has 0 radical (unpaired) electrons. The first-order valence-electron chi connectivity index (χ1n) is 9.15. The standard InChI is InChI=1S/C23H16ClN3O2/c1-12-7-15-8-14(9-18(24)21(15)26-11-12)16-10-17-19(28)5-6-25-23(17)27-22(16)20-4-3-13(2)29-20/h3-11H,1-2H3,(H,25,27,28). The molecule has 0 fully saturated rings. The fraction of sp³-hybridized carbons (Fsp3) is 0.0870. The molecule has 142 valence electrons. The van der Waals surface area contributed by atoms with Crippen LogP contribution in [0.3, 0.4) is 0 Å². The molecule has 1 aromatic carbocycles. The summed E-state index contributed by atoms with van der Waals surface area (Å²) in [6.45, 7) is 3.87. The number of benzene rings is 1. The Kier molecular flexibility index (Phi) is 4.00. The van der Waals surface area contributed by atoms with Gasteiger partial charge >= 0.3 is 0 Å². The number of nitrogens with zero attached hydrogens (tertiary/aromatic N) is 2. The van der Waals surface area contributed by atoms with Crippen molar-refractivity contribution in [3.05, 3.63) is 81.4 Å². The van der Waals surface area contributed by atoms with E-state index in [0.717, 1.165) is 33.4 Å². The van der Waals surface area contributed by atoms with E-state index >= 15 is 0 Å². The van der Waals surface area contributed by atoms with Crippen LogP contribution in [0.25, 0.3) is 44.5 Å². The Morgan fingerprint density at radius 3 is 2.72 bits per heavy atom. The molecule has 0 saturated carbocycles. The van der Waals surface area contributed by atoms with Gasteiger partial charge in [0.2, 0.25) is 0 Å². The van der Waals surface area contributed by atoms with Crippen LogP contribution in [0.4, 0.5) is 0 Å². The molecule has 5 nitrogen and oxygen atoms in total. The lowest BCUT2D eigenvalue weighted by Crippen LogP contribution is -2.03. The first-order valence-corrected chi connectivity index (χ1v) is 9.53. The Bertz CT molecular complexity index is 1470. The van der Waals surface area contributed by atoms with Crippen molar-refractivity contribution >= 4 is 33.5 Å². The van der Waals surface area contributed by atoms with Gasteiger partial charge in [-0.15, -0.1) is 0 Å². The molecule has 29 heavy (non-hydrogen) atoms. The highest BCUT2D eigenvalue weighted by Gasteiger charge is 2.17. The summed E-state index contributed by atoms with van der Waals surface area (Å²) in [5, 5.41) is 1.98. The van der Waals surface area contributed by atoms with Gasteiger partial charge in [0.1, 0.15) is 17.1 Å². The van der Waals surface area contributed by atoms with E-state index < -0.39 is 0 Å². The molecular weight excluding hydrogens is 386 g/mol. The quantitative estimate of drug-likeness (QED) is 0.413. The fourth-order valence-corrected chi connectivity index (χ4v) is 3.81. The Hall–Kier alpha value is -3.44. The molecule has 5 rings (SSSR count). The largest absolute Gasteiger partial charge is 0.460 e. The second-order valence-corrected chi connectivity index (χ2v) is 7.48. The summed E-state index contributed by atoms with van der Waals surface area (Å²) in [5.41, 5.74) is 4.45. The molecule has 0 aliphatic heterocycles. The van der Waals surface area contributed by atoms with Crippen LogP contribution in [0.15, 0.2) is 64.1 Å². The first-order chi connectivity index (χ1) is 14.0. The number of halogens is 1. The topological polar surface area (TPSA) is 71.8 Å². The molecule has 4 aromatic heterocycles. The number of pyridine rings is 3. The van der Waals surface area contributed by atoms with E-state index in [0.29, 0.717) is 27.5 Å². The summed E-state index contributed by atoms with van der Waals surface area (Å²) < 4.78 is 5.85. The number of hydrogen-bond donors (Lipinski definition) is 1.